The monoisotopic (exact) mass is 1840 g/mol. The minimum Gasteiger partial charge on any atom is -0.508 e. The summed E-state index contributed by atoms with van der Waals surface area (Å²) < 4.78 is 0. The van der Waals surface area contributed by atoms with Crippen molar-refractivity contribution in [3.05, 3.63) is 138 Å². The normalized spacial score (nSPS) is 14.5. The number of guanidine groups is 1. The molecule has 0 bridgehead atoms. The van der Waals surface area contributed by atoms with Gasteiger partial charge in [0.2, 0.25) is 94.5 Å². The van der Waals surface area contributed by atoms with E-state index in [2.05, 4.69) is 85.1 Å². The highest BCUT2D eigenvalue weighted by atomic mass is 32.2. The first-order valence-electron chi connectivity index (χ1n) is 42.0. The number of aliphatic carboxylic acids is 2. The van der Waals surface area contributed by atoms with Gasteiger partial charge in [-0.05, 0) is 125 Å². The topological polar surface area (TPSA) is 729 Å². The molecule has 0 aromatic heterocycles. The van der Waals surface area contributed by atoms with Crippen molar-refractivity contribution in [3.8, 4) is 5.75 Å². The highest BCUT2D eigenvalue weighted by Crippen LogP contribution is 2.17. The number of benzene rings is 4. The minimum atomic E-state index is -2.10. The molecule has 44 nitrogen and oxygen atoms in total. The van der Waals surface area contributed by atoms with E-state index in [0.717, 1.165) is 0 Å². The van der Waals surface area contributed by atoms with Gasteiger partial charge in [-0.15, -0.1) is 0 Å². The number of aromatic hydroxyl groups is 1. The lowest BCUT2D eigenvalue weighted by Crippen LogP contribution is -2.61. The molecule has 0 heterocycles. The zero-order valence-electron chi connectivity index (χ0n) is 73.2. The molecule has 4 rings (SSSR count). The van der Waals surface area contributed by atoms with E-state index >= 15 is 0 Å². The molecule has 130 heavy (non-hydrogen) atoms. The molecule has 0 aliphatic rings. The van der Waals surface area contributed by atoms with Crippen LogP contribution in [0.25, 0.3) is 0 Å². The van der Waals surface area contributed by atoms with Crippen LogP contribution in [0.3, 0.4) is 0 Å². The van der Waals surface area contributed by atoms with Crippen molar-refractivity contribution in [1.82, 2.24) is 85.1 Å². The average molecular weight is 1840 g/mol. The van der Waals surface area contributed by atoms with Gasteiger partial charge >= 0.3 is 11.9 Å². The Morgan fingerprint density at radius 3 is 1.19 bits per heavy atom. The molecule has 4 aromatic rings. The van der Waals surface area contributed by atoms with Crippen LogP contribution in [-0.4, -0.2) is 273 Å². The van der Waals surface area contributed by atoms with Crippen LogP contribution in [0.2, 0.25) is 0 Å². The fraction of sp³-hybridized carbons (Fsp3) is 0.494. The van der Waals surface area contributed by atoms with E-state index in [0.29, 0.717) is 53.8 Å². The lowest BCUT2D eigenvalue weighted by molar-refractivity contribution is -0.143. The van der Waals surface area contributed by atoms with Crippen LogP contribution >= 0.6 is 11.8 Å². The number of nitrogens with two attached hydrogens (primary N) is 4. The maximum absolute atomic E-state index is 14.6. The van der Waals surface area contributed by atoms with Gasteiger partial charge in [-0.25, -0.2) is 4.79 Å². The number of carbonyl (C=O) groups excluding carboxylic acids is 16. The summed E-state index contributed by atoms with van der Waals surface area (Å²) in [4.78, 5) is 246. The van der Waals surface area contributed by atoms with Gasteiger partial charge in [0.25, 0.3) is 0 Å². The number of thioether (sulfide) groups is 1. The molecule has 712 valence electrons. The lowest BCUT2D eigenvalue weighted by Gasteiger charge is -2.28. The molecule has 0 fully saturated rings. The van der Waals surface area contributed by atoms with Crippen molar-refractivity contribution >= 4 is 124 Å². The van der Waals surface area contributed by atoms with E-state index in [9.17, 15) is 112 Å². The second-order valence-electron chi connectivity index (χ2n) is 31.2. The van der Waals surface area contributed by atoms with E-state index in [-0.39, 0.29) is 63.7 Å². The number of aliphatic hydroxyl groups excluding tert-OH is 2. The standard InChI is InChI=1S/C85H123N21O23S/c1-46(2)37-59(78(122)98-57(31-32-67(88)110)75(119)97-56(26-18-35-91-85(89)90)74(118)106-66(45-108)84(128)129)100-79(123)63(40-52-23-14-9-15-24-52)103-82(126)64(42-69(112)113)104-83(127)65(44-107)105-81(125)61(38-50-19-10-7-11-20-50)99-72(116)49(5)94-71(115)48(4)93-68(111)43-92-70(114)47(3)95-77(121)60(41-53-27-29-54(109)30-28-53)102-80(124)62(39-51-21-12-8-13-22-51)101-76(120)58(33-36-130-6)96-73(117)55(87)25-16-17-34-86/h7-15,19-24,27-30,46-49,55-66,107-109H,16-18,25-26,31-45,86-87H2,1-6H3,(H2,88,110)(H,92,114)(H,93,111)(H,94,115)(H,95,121)(H,96,117)(H,97,119)(H,98,122)(H,99,116)(H,100,123)(H,101,120)(H,102,124)(H,103,126)(H,104,127)(H,105,125)(H,106,118)(H,112,113)(H,128,129)(H4,89,90,91)/t47-,48-,49-,55-,56-,57-,58-,59-,60-,61-,62-,63-,64-,65-,66-/m0/s1. The summed E-state index contributed by atoms with van der Waals surface area (Å²) in [5.74, 6) is -19.8. The van der Waals surface area contributed by atoms with Crippen LogP contribution in [0.15, 0.2) is 115 Å². The molecule has 0 radical (unpaired) electrons. The number of hydrogen-bond acceptors (Lipinski definition) is 25. The van der Waals surface area contributed by atoms with Crippen LogP contribution in [0.4, 0.5) is 0 Å². The van der Waals surface area contributed by atoms with Gasteiger partial charge < -0.3 is 134 Å². The fourth-order valence-electron chi connectivity index (χ4n) is 12.7. The second-order valence-corrected chi connectivity index (χ2v) is 32.2. The first kappa shape index (κ1) is 109. The van der Waals surface area contributed by atoms with E-state index < -0.39 is 248 Å². The average Bonchev–Trinajstić information content (AvgIpc) is 0.847. The van der Waals surface area contributed by atoms with Crippen molar-refractivity contribution in [3.63, 3.8) is 0 Å². The molecule has 0 spiro atoms. The van der Waals surface area contributed by atoms with Crippen LogP contribution in [-0.2, 0) is 112 Å². The number of carboxylic acid groups (broad SMARTS) is 2. The highest BCUT2D eigenvalue weighted by Gasteiger charge is 2.39. The van der Waals surface area contributed by atoms with Gasteiger partial charge in [-0.1, -0.05) is 123 Å². The SMILES string of the molecule is CSCC[C@H](NC(=O)[C@@H](N)CCCCN)C(=O)N[C@@H](Cc1ccccc1)C(=O)N[C@@H](Cc1ccc(O)cc1)C(=O)N[C@@H](C)C(=O)NCC(=O)N[C@@H](C)C(=O)N[C@@H](C)C(=O)N[C@@H](Cc1ccccc1)C(=O)N[C@@H](CO)C(=O)N[C@@H](CC(=O)O)C(=O)N[C@@H](Cc1ccccc1)C(=O)N[C@@H](CC(C)C)C(=O)N[C@@H](CCC(N)=O)C(=O)N[C@@H](CCCNC(=N)N)C(=O)N[C@@H](CO)C(=O)O. The summed E-state index contributed by atoms with van der Waals surface area (Å²) in [5.41, 5.74) is 24.5. The Balaban J connectivity index is 1.48. The van der Waals surface area contributed by atoms with Gasteiger partial charge in [0.15, 0.2) is 5.96 Å². The summed E-state index contributed by atoms with van der Waals surface area (Å²) in [7, 11) is 0. The Labute approximate surface area is 755 Å². The quantitative estimate of drug-likeness (QED) is 0.0111. The maximum Gasteiger partial charge on any atom is 0.328 e. The summed E-state index contributed by atoms with van der Waals surface area (Å²) in [5, 5.41) is 96.5. The molecule has 45 heteroatoms. The third kappa shape index (κ3) is 40.7. The molecule has 0 saturated heterocycles. The number of aliphatic hydroxyl groups is 2. The molecule has 16 amide bonds. The third-order valence-corrected chi connectivity index (χ3v) is 20.5. The number of hydrogen-bond donors (Lipinski definition) is 26. The van der Waals surface area contributed by atoms with Crippen LogP contribution in [0, 0.1) is 11.3 Å². The van der Waals surface area contributed by atoms with Crippen molar-refractivity contribution in [2.24, 2.45) is 28.9 Å². The molecule has 15 atom stereocenters. The van der Waals surface area contributed by atoms with E-state index in [1.165, 1.54) is 56.8 Å². The van der Waals surface area contributed by atoms with E-state index in [4.69, 9.17) is 28.3 Å². The predicted molar refractivity (Wildman–Crippen MR) is 474 cm³/mol. The number of primary amides is 1. The van der Waals surface area contributed by atoms with E-state index in [1.807, 2.05) is 6.26 Å². The van der Waals surface area contributed by atoms with Crippen LogP contribution < -0.4 is 108 Å². The predicted octanol–water partition coefficient (Wildman–Crippen LogP) is -6.05. The number of phenolic OH excluding ortho intramolecular Hbond substituents is 1. The van der Waals surface area contributed by atoms with Crippen LogP contribution in [0.5, 0.6) is 5.75 Å². The first-order valence-corrected chi connectivity index (χ1v) is 43.4. The van der Waals surface area contributed by atoms with Crippen molar-refractivity contribution in [2.45, 2.75) is 215 Å². The Morgan fingerprint density at radius 1 is 0.385 bits per heavy atom. The molecule has 4 aromatic carbocycles. The van der Waals surface area contributed by atoms with Gasteiger partial charge in [0.05, 0.1) is 32.2 Å². The second kappa shape index (κ2) is 57.4. The van der Waals surface area contributed by atoms with Crippen molar-refractivity contribution in [2.75, 3.05) is 44.9 Å². The number of carbonyl (C=O) groups is 18. The number of nitrogens with one attached hydrogen (secondary N) is 17. The molecule has 30 N–H and O–H groups in total. The zero-order valence-corrected chi connectivity index (χ0v) is 74.0. The third-order valence-electron chi connectivity index (χ3n) is 19.9. The maximum atomic E-state index is 14.6. The van der Waals surface area contributed by atoms with Gasteiger partial charge in [0, 0.05) is 38.6 Å². The summed E-state index contributed by atoms with van der Waals surface area (Å²) in [6.45, 7) is 4.38. The first-order chi connectivity index (χ1) is 61.6. The Kier molecular flexibility index (Phi) is 48.1. The van der Waals surface area contributed by atoms with E-state index in [1.54, 1.807) is 105 Å². The van der Waals surface area contributed by atoms with Crippen molar-refractivity contribution in [1.29, 1.82) is 5.41 Å². The largest absolute Gasteiger partial charge is 0.508 e. The number of amides is 16. The Bertz CT molecular complexity index is 4470. The summed E-state index contributed by atoms with van der Waals surface area (Å²) in [6.07, 6.45) is -0.0628. The van der Waals surface area contributed by atoms with Gasteiger partial charge in [-0.3, -0.25) is 86.9 Å². The fourth-order valence-corrected chi connectivity index (χ4v) is 13.2. The summed E-state index contributed by atoms with van der Waals surface area (Å²) in [6, 6.07) is 6.90. The Morgan fingerprint density at radius 2 is 0.746 bits per heavy atom. The molecule has 0 aliphatic carbocycles. The Hall–Kier alpha value is -13.4. The minimum absolute atomic E-state index is 0.00521. The molecular formula is C85H123N21O23S. The van der Waals surface area contributed by atoms with Crippen LogP contribution in [0.1, 0.15) is 121 Å². The number of phenols is 1. The van der Waals surface area contributed by atoms with Gasteiger partial charge in [0.1, 0.15) is 90.3 Å². The highest BCUT2D eigenvalue weighted by molar-refractivity contribution is 7.98. The van der Waals surface area contributed by atoms with Crippen molar-refractivity contribution < 1.29 is 112 Å². The molecule has 0 saturated carbocycles. The lowest BCUT2D eigenvalue weighted by atomic mass is 10.00. The molecule has 0 aliphatic heterocycles. The molecule has 0 unspecified atom stereocenters. The van der Waals surface area contributed by atoms with Gasteiger partial charge in [-0.2, -0.15) is 11.8 Å². The molecular weight excluding hydrogens is 1720 g/mol. The smallest absolute Gasteiger partial charge is 0.328 e. The number of unbranched alkanes of at least 4 members (excludes halogenated alkanes) is 1. The number of rotatable bonds is 59. The number of carboxylic acids is 2. The zero-order chi connectivity index (χ0) is 96.7. The summed E-state index contributed by atoms with van der Waals surface area (Å²) >= 11 is 1.42.